The van der Waals surface area contributed by atoms with Gasteiger partial charge in [-0.15, -0.1) is 0 Å². The van der Waals surface area contributed by atoms with Gasteiger partial charge in [0, 0.05) is 13.1 Å². The number of carbonyl (C=O) groups excluding carboxylic acids is 3. The molecule has 0 bridgehead atoms. The van der Waals surface area contributed by atoms with Crippen molar-refractivity contribution in [2.45, 2.75) is 76.5 Å². The van der Waals surface area contributed by atoms with E-state index in [-0.39, 0.29) is 56.6 Å². The van der Waals surface area contributed by atoms with Crippen LogP contribution in [0.25, 0.3) is 0 Å². The molecule has 17 nitrogen and oxygen atoms in total. The Kier molecular flexibility index (Phi) is 16.2. The number of nitrogens with zero attached hydrogens (tertiary/aromatic N) is 2. The maximum absolute atomic E-state index is 13.1. The van der Waals surface area contributed by atoms with Crippen molar-refractivity contribution in [1.82, 2.24) is 16.0 Å². The summed E-state index contributed by atoms with van der Waals surface area (Å²) < 4.78 is 0. The molecule has 0 aromatic heterocycles. The Hall–Kier alpha value is -4.15. The van der Waals surface area contributed by atoms with E-state index in [1.165, 1.54) is 0 Å². The number of rotatable bonds is 19. The fraction of sp³-hybridized carbons (Fsp3) is 0.682. The molecule has 0 aliphatic carbocycles. The first-order valence-electron chi connectivity index (χ1n) is 12.4. The SMILES string of the molecule is CC(C)CC(NC(=O)C(CC(=O)O)NC(=O)C(CCCN=C(N)N)NC(=O)C(N)CCCN=C(N)N)C(=O)O. The maximum atomic E-state index is 13.1. The number of aliphatic imine (C=N–C) groups is 2. The summed E-state index contributed by atoms with van der Waals surface area (Å²) in [5.74, 6) is -5.65. The van der Waals surface area contributed by atoms with Gasteiger partial charge >= 0.3 is 11.9 Å². The van der Waals surface area contributed by atoms with E-state index in [1.54, 1.807) is 13.8 Å². The highest BCUT2D eigenvalue weighted by Gasteiger charge is 2.31. The lowest BCUT2D eigenvalue weighted by molar-refractivity contribution is -0.144. The number of aliphatic carboxylic acids is 2. The number of hydrogen-bond acceptors (Lipinski definition) is 8. The van der Waals surface area contributed by atoms with Crippen molar-refractivity contribution in [3.8, 4) is 0 Å². The minimum atomic E-state index is -1.62. The van der Waals surface area contributed by atoms with E-state index in [4.69, 9.17) is 28.7 Å². The van der Waals surface area contributed by atoms with Crippen LogP contribution in [0.4, 0.5) is 0 Å². The zero-order chi connectivity index (χ0) is 30.1. The summed E-state index contributed by atoms with van der Waals surface area (Å²) in [6.45, 7) is 3.87. The van der Waals surface area contributed by atoms with Crippen LogP contribution in [0.5, 0.6) is 0 Å². The summed E-state index contributed by atoms with van der Waals surface area (Å²) in [4.78, 5) is 69.0. The van der Waals surface area contributed by atoms with Gasteiger partial charge in [0.15, 0.2) is 11.9 Å². The molecular weight excluding hydrogens is 516 g/mol. The van der Waals surface area contributed by atoms with Gasteiger partial charge in [0.1, 0.15) is 18.1 Å². The lowest BCUT2D eigenvalue weighted by Crippen LogP contribution is -2.57. The Labute approximate surface area is 226 Å². The van der Waals surface area contributed by atoms with Gasteiger partial charge in [0.2, 0.25) is 17.7 Å². The molecule has 0 spiro atoms. The van der Waals surface area contributed by atoms with Crippen LogP contribution in [0.1, 0.15) is 52.4 Å². The third-order valence-corrected chi connectivity index (χ3v) is 5.22. The van der Waals surface area contributed by atoms with E-state index in [2.05, 4.69) is 25.9 Å². The van der Waals surface area contributed by atoms with E-state index in [1.807, 2.05) is 0 Å². The van der Waals surface area contributed by atoms with Crippen molar-refractivity contribution in [3.05, 3.63) is 0 Å². The van der Waals surface area contributed by atoms with Crippen molar-refractivity contribution in [3.63, 3.8) is 0 Å². The van der Waals surface area contributed by atoms with Crippen molar-refractivity contribution in [1.29, 1.82) is 0 Å². The molecular formula is C22H42N10O7. The van der Waals surface area contributed by atoms with Gasteiger partial charge in [0.05, 0.1) is 12.5 Å². The average molecular weight is 559 g/mol. The second kappa shape index (κ2) is 18.2. The number of hydrogen-bond donors (Lipinski definition) is 10. The van der Waals surface area contributed by atoms with Crippen LogP contribution in [0.3, 0.4) is 0 Å². The van der Waals surface area contributed by atoms with Crippen molar-refractivity contribution >= 4 is 41.6 Å². The molecule has 0 aliphatic heterocycles. The molecule has 4 unspecified atom stereocenters. The number of nitrogens with two attached hydrogens (primary N) is 5. The van der Waals surface area contributed by atoms with Crippen LogP contribution >= 0.6 is 0 Å². The Morgan fingerprint density at radius 3 is 1.64 bits per heavy atom. The Bertz CT molecular complexity index is 902. The number of carboxylic acid groups (broad SMARTS) is 2. The molecule has 3 amide bonds. The van der Waals surface area contributed by atoms with Crippen LogP contribution < -0.4 is 44.6 Å². The Morgan fingerprint density at radius 1 is 0.718 bits per heavy atom. The van der Waals surface area contributed by atoms with Gasteiger partial charge in [-0.25, -0.2) is 4.79 Å². The van der Waals surface area contributed by atoms with Crippen molar-refractivity contribution in [2.24, 2.45) is 44.6 Å². The lowest BCUT2D eigenvalue weighted by Gasteiger charge is -2.25. The molecule has 222 valence electrons. The van der Waals surface area contributed by atoms with Crippen LogP contribution in [-0.2, 0) is 24.0 Å². The molecule has 0 radical (unpaired) electrons. The average Bonchev–Trinajstić information content (AvgIpc) is 2.81. The molecule has 0 rings (SSSR count). The summed E-state index contributed by atoms with van der Waals surface area (Å²) in [5, 5.41) is 25.7. The molecule has 0 saturated carbocycles. The first-order chi connectivity index (χ1) is 18.1. The predicted octanol–water partition coefficient (Wildman–Crippen LogP) is -3.52. The molecule has 0 heterocycles. The Morgan fingerprint density at radius 2 is 1.18 bits per heavy atom. The number of carbonyl (C=O) groups is 5. The van der Waals surface area contributed by atoms with Gasteiger partial charge < -0.3 is 54.8 Å². The summed E-state index contributed by atoms with van der Waals surface area (Å²) in [6.07, 6.45) is 0.0873. The van der Waals surface area contributed by atoms with Gasteiger partial charge in [0.25, 0.3) is 0 Å². The predicted molar refractivity (Wildman–Crippen MR) is 143 cm³/mol. The van der Waals surface area contributed by atoms with E-state index >= 15 is 0 Å². The van der Waals surface area contributed by atoms with Gasteiger partial charge in [-0.05, 0) is 38.0 Å². The second-order valence-electron chi connectivity index (χ2n) is 9.25. The normalized spacial score (nSPS) is 13.7. The smallest absolute Gasteiger partial charge is 0.326 e. The third-order valence-electron chi connectivity index (χ3n) is 5.22. The number of amides is 3. The van der Waals surface area contributed by atoms with E-state index < -0.39 is 60.2 Å². The highest BCUT2D eigenvalue weighted by atomic mass is 16.4. The van der Waals surface area contributed by atoms with Crippen LogP contribution in [0.2, 0.25) is 0 Å². The highest BCUT2D eigenvalue weighted by molar-refractivity contribution is 5.95. The summed E-state index contributed by atoms with van der Waals surface area (Å²) in [7, 11) is 0. The monoisotopic (exact) mass is 558 g/mol. The summed E-state index contributed by atoms with van der Waals surface area (Å²) >= 11 is 0. The van der Waals surface area contributed by atoms with Crippen molar-refractivity contribution < 1.29 is 34.2 Å². The zero-order valence-corrected chi connectivity index (χ0v) is 22.3. The van der Waals surface area contributed by atoms with Crippen LogP contribution in [0, 0.1) is 5.92 Å². The molecule has 0 aromatic rings. The fourth-order valence-corrected chi connectivity index (χ4v) is 3.32. The largest absolute Gasteiger partial charge is 0.481 e. The Balaban J connectivity index is 5.60. The summed E-state index contributed by atoms with van der Waals surface area (Å²) in [5.41, 5.74) is 27.0. The van der Waals surface area contributed by atoms with E-state index in [9.17, 15) is 34.2 Å². The van der Waals surface area contributed by atoms with Crippen LogP contribution in [-0.4, -0.2) is 89.0 Å². The second-order valence-corrected chi connectivity index (χ2v) is 9.25. The van der Waals surface area contributed by atoms with E-state index in [0.29, 0.717) is 6.42 Å². The molecule has 0 saturated heterocycles. The minimum Gasteiger partial charge on any atom is -0.481 e. The first kappa shape index (κ1) is 34.9. The lowest BCUT2D eigenvalue weighted by atomic mass is 10.0. The standard InChI is InChI=1S/C22H42N10O7/c1-11(2)9-15(20(38)39)32-19(37)14(10-16(33)34)31-18(36)13(6-4-8-29-22(26)27)30-17(35)12(23)5-3-7-28-21(24)25/h11-15H,3-10,23H2,1-2H3,(H,30,35)(H,31,36)(H,32,37)(H,33,34)(H,38,39)(H4,24,25,28)(H4,26,27,29). The van der Waals surface area contributed by atoms with Crippen molar-refractivity contribution in [2.75, 3.05) is 13.1 Å². The molecule has 17 heteroatoms. The molecule has 15 N–H and O–H groups in total. The minimum absolute atomic E-state index is 0.0155. The third kappa shape index (κ3) is 16.3. The quantitative estimate of drug-likeness (QED) is 0.0419. The molecule has 0 aromatic carbocycles. The summed E-state index contributed by atoms with van der Waals surface area (Å²) in [6, 6.07) is -5.16. The highest BCUT2D eigenvalue weighted by Crippen LogP contribution is 2.07. The molecule has 0 aliphatic rings. The topological polar surface area (TPSA) is 317 Å². The molecule has 0 fully saturated rings. The van der Waals surface area contributed by atoms with Gasteiger partial charge in [-0.3, -0.25) is 29.2 Å². The van der Waals surface area contributed by atoms with Crippen LogP contribution in [0.15, 0.2) is 9.98 Å². The van der Waals surface area contributed by atoms with Gasteiger partial charge in [-0.2, -0.15) is 0 Å². The first-order valence-corrected chi connectivity index (χ1v) is 12.4. The maximum Gasteiger partial charge on any atom is 0.326 e. The number of carboxylic acids is 2. The van der Waals surface area contributed by atoms with Gasteiger partial charge in [-0.1, -0.05) is 13.8 Å². The zero-order valence-electron chi connectivity index (χ0n) is 22.3. The fourth-order valence-electron chi connectivity index (χ4n) is 3.32. The molecule has 39 heavy (non-hydrogen) atoms. The van der Waals surface area contributed by atoms with E-state index in [0.717, 1.165) is 0 Å². The number of guanidine groups is 2. The molecule has 4 atom stereocenters. The number of nitrogens with one attached hydrogen (secondary N) is 3.